The first-order chi connectivity index (χ1) is 11.7. The van der Waals surface area contributed by atoms with E-state index in [1.807, 2.05) is 49.6 Å². The van der Waals surface area contributed by atoms with Crippen LogP contribution in [-0.2, 0) is 13.1 Å². The van der Waals surface area contributed by atoms with Crippen molar-refractivity contribution in [3.05, 3.63) is 47.6 Å². The van der Waals surface area contributed by atoms with Crippen LogP contribution in [0.15, 0.2) is 33.8 Å². The summed E-state index contributed by atoms with van der Waals surface area (Å²) >= 11 is 0. The van der Waals surface area contributed by atoms with Crippen molar-refractivity contribution in [2.24, 2.45) is 4.99 Å². The number of rotatable bonds is 5. The Balaban J connectivity index is 0.00000225. The number of aryl methyl sites for hydroxylation is 2. The Bertz CT molecular complexity index is 836. The highest BCUT2D eigenvalue weighted by atomic mass is 127. The standard InChI is InChI=1S/C16H21N7O.HI/c1-4-17-16(19-10-15-20-11(2)12(3)24-15)18-9-14-22-21-13-7-5-6-8-23(13)14;/h5-8H,4,9-10H2,1-3H3,(H2,17,18,19);1H. The Morgan fingerprint density at radius 1 is 1.24 bits per heavy atom. The van der Waals surface area contributed by atoms with Crippen LogP contribution in [0.1, 0.15) is 30.1 Å². The van der Waals surface area contributed by atoms with Crippen molar-refractivity contribution in [1.82, 2.24) is 30.2 Å². The van der Waals surface area contributed by atoms with Crippen molar-refractivity contribution in [3.63, 3.8) is 0 Å². The molecular weight excluding hydrogens is 433 g/mol. The van der Waals surface area contributed by atoms with Crippen LogP contribution in [0, 0.1) is 13.8 Å². The normalized spacial score (nSPS) is 11.4. The van der Waals surface area contributed by atoms with Gasteiger partial charge in [-0.2, -0.15) is 0 Å². The Labute approximate surface area is 163 Å². The third-order valence-corrected chi connectivity index (χ3v) is 3.59. The summed E-state index contributed by atoms with van der Waals surface area (Å²) in [6, 6.07) is 5.79. The van der Waals surface area contributed by atoms with Gasteiger partial charge >= 0.3 is 0 Å². The van der Waals surface area contributed by atoms with Crippen LogP contribution >= 0.6 is 24.0 Å². The second-order valence-corrected chi connectivity index (χ2v) is 5.34. The molecule has 0 atom stereocenters. The molecule has 0 aliphatic carbocycles. The molecule has 0 radical (unpaired) electrons. The minimum absolute atomic E-state index is 0. The van der Waals surface area contributed by atoms with Gasteiger partial charge in [-0.15, -0.1) is 34.2 Å². The quantitative estimate of drug-likeness (QED) is 0.348. The second kappa shape index (κ2) is 8.79. The third-order valence-electron chi connectivity index (χ3n) is 3.59. The molecule has 0 unspecified atom stereocenters. The summed E-state index contributed by atoms with van der Waals surface area (Å²) in [5.41, 5.74) is 1.72. The lowest BCUT2D eigenvalue weighted by atomic mass is 10.4. The minimum Gasteiger partial charge on any atom is -0.444 e. The molecule has 8 nitrogen and oxygen atoms in total. The number of aromatic nitrogens is 4. The fraction of sp³-hybridized carbons (Fsp3) is 0.375. The van der Waals surface area contributed by atoms with Crippen LogP contribution in [0.25, 0.3) is 5.65 Å². The smallest absolute Gasteiger partial charge is 0.214 e. The van der Waals surface area contributed by atoms with Crippen LogP contribution in [0.2, 0.25) is 0 Å². The molecule has 0 amide bonds. The predicted molar refractivity (Wildman–Crippen MR) is 106 cm³/mol. The Hall–Kier alpha value is -2.17. The molecule has 0 bridgehead atoms. The van der Waals surface area contributed by atoms with E-state index >= 15 is 0 Å². The van der Waals surface area contributed by atoms with Gasteiger partial charge in [0.25, 0.3) is 0 Å². The zero-order valence-electron chi connectivity index (χ0n) is 14.5. The monoisotopic (exact) mass is 455 g/mol. The zero-order valence-corrected chi connectivity index (χ0v) is 16.8. The second-order valence-electron chi connectivity index (χ2n) is 5.34. The van der Waals surface area contributed by atoms with Crippen molar-refractivity contribution in [3.8, 4) is 0 Å². The van der Waals surface area contributed by atoms with Crippen molar-refractivity contribution < 1.29 is 4.42 Å². The summed E-state index contributed by atoms with van der Waals surface area (Å²) in [4.78, 5) is 8.91. The van der Waals surface area contributed by atoms with Gasteiger partial charge in [-0.1, -0.05) is 6.07 Å². The summed E-state index contributed by atoms with van der Waals surface area (Å²) in [7, 11) is 0. The molecule has 3 aromatic rings. The number of hydrogen-bond acceptors (Lipinski definition) is 5. The number of hydrogen-bond donors (Lipinski definition) is 2. The van der Waals surface area contributed by atoms with Gasteiger partial charge in [0, 0.05) is 12.7 Å². The van der Waals surface area contributed by atoms with E-state index in [2.05, 4.69) is 30.8 Å². The van der Waals surface area contributed by atoms with Crippen LogP contribution in [0.4, 0.5) is 0 Å². The highest BCUT2D eigenvalue weighted by molar-refractivity contribution is 14.0. The van der Waals surface area contributed by atoms with Gasteiger partial charge in [-0.25, -0.2) is 9.98 Å². The van der Waals surface area contributed by atoms with Gasteiger partial charge < -0.3 is 15.1 Å². The Morgan fingerprint density at radius 2 is 2.08 bits per heavy atom. The molecule has 2 N–H and O–H groups in total. The SMILES string of the molecule is CCNC(=NCc1nnc2ccccn12)NCc1nc(C)c(C)o1.I. The van der Waals surface area contributed by atoms with Gasteiger partial charge in [0.15, 0.2) is 17.4 Å². The van der Waals surface area contributed by atoms with E-state index in [0.717, 1.165) is 29.5 Å². The Morgan fingerprint density at radius 3 is 2.80 bits per heavy atom. The van der Waals surface area contributed by atoms with Crippen LogP contribution in [-0.4, -0.2) is 32.1 Å². The van der Waals surface area contributed by atoms with E-state index in [1.54, 1.807) is 0 Å². The molecule has 3 heterocycles. The molecule has 3 aromatic heterocycles. The molecule has 0 saturated carbocycles. The van der Waals surface area contributed by atoms with Crippen molar-refractivity contribution >= 4 is 35.6 Å². The van der Waals surface area contributed by atoms with E-state index in [-0.39, 0.29) is 24.0 Å². The minimum atomic E-state index is 0. The maximum Gasteiger partial charge on any atom is 0.214 e. The molecule has 0 aromatic carbocycles. The summed E-state index contributed by atoms with van der Waals surface area (Å²) in [5, 5.41) is 14.7. The summed E-state index contributed by atoms with van der Waals surface area (Å²) in [5.74, 6) is 2.94. The van der Waals surface area contributed by atoms with E-state index in [9.17, 15) is 0 Å². The highest BCUT2D eigenvalue weighted by Crippen LogP contribution is 2.08. The largest absolute Gasteiger partial charge is 0.444 e. The molecule has 0 fully saturated rings. The van der Waals surface area contributed by atoms with Gasteiger partial charge in [0.1, 0.15) is 12.3 Å². The number of nitrogens with one attached hydrogen (secondary N) is 2. The average molecular weight is 455 g/mol. The number of aliphatic imine (C=N–C) groups is 1. The molecule has 9 heteroatoms. The van der Waals surface area contributed by atoms with Crippen molar-refractivity contribution in [1.29, 1.82) is 0 Å². The first kappa shape index (κ1) is 19.2. The van der Waals surface area contributed by atoms with Gasteiger partial charge in [0.2, 0.25) is 5.89 Å². The fourth-order valence-electron chi connectivity index (χ4n) is 2.26. The zero-order chi connectivity index (χ0) is 16.9. The number of halogens is 1. The van der Waals surface area contributed by atoms with E-state index < -0.39 is 0 Å². The topological polar surface area (TPSA) is 92.6 Å². The lowest BCUT2D eigenvalue weighted by Crippen LogP contribution is -2.36. The molecule has 0 aliphatic rings. The first-order valence-corrected chi connectivity index (χ1v) is 7.91. The van der Waals surface area contributed by atoms with Crippen LogP contribution in [0.3, 0.4) is 0 Å². The lowest BCUT2D eigenvalue weighted by molar-refractivity contribution is 0.463. The molecule has 0 aliphatic heterocycles. The first-order valence-electron chi connectivity index (χ1n) is 7.91. The highest BCUT2D eigenvalue weighted by Gasteiger charge is 2.07. The number of guanidine groups is 1. The molecule has 25 heavy (non-hydrogen) atoms. The average Bonchev–Trinajstić information content (AvgIpc) is 3.14. The number of pyridine rings is 1. The van der Waals surface area contributed by atoms with Gasteiger partial charge in [0.05, 0.1) is 12.2 Å². The summed E-state index contributed by atoms with van der Waals surface area (Å²) < 4.78 is 7.49. The van der Waals surface area contributed by atoms with Crippen molar-refractivity contribution in [2.75, 3.05) is 6.54 Å². The molecular formula is C16H22IN7O. The number of fused-ring (bicyclic) bond motifs is 1. The Kier molecular flexibility index (Phi) is 6.73. The molecule has 0 spiro atoms. The van der Waals surface area contributed by atoms with Gasteiger partial charge in [-0.3, -0.25) is 4.40 Å². The van der Waals surface area contributed by atoms with Crippen LogP contribution in [0.5, 0.6) is 0 Å². The van der Waals surface area contributed by atoms with Gasteiger partial charge in [-0.05, 0) is 32.9 Å². The van der Waals surface area contributed by atoms with Crippen molar-refractivity contribution in [2.45, 2.75) is 33.9 Å². The third kappa shape index (κ3) is 4.68. The lowest BCUT2D eigenvalue weighted by Gasteiger charge is -2.09. The predicted octanol–water partition coefficient (Wildman–Crippen LogP) is 2.21. The van der Waals surface area contributed by atoms with E-state index in [1.165, 1.54) is 0 Å². The molecule has 134 valence electrons. The fourth-order valence-corrected chi connectivity index (χ4v) is 2.26. The number of oxazole rings is 1. The maximum atomic E-state index is 5.57. The van der Waals surface area contributed by atoms with E-state index in [0.29, 0.717) is 24.9 Å². The van der Waals surface area contributed by atoms with Crippen LogP contribution < -0.4 is 10.6 Å². The summed E-state index contributed by atoms with van der Waals surface area (Å²) in [6.45, 7) is 7.50. The summed E-state index contributed by atoms with van der Waals surface area (Å²) in [6.07, 6.45) is 1.93. The molecule has 3 rings (SSSR count). The van der Waals surface area contributed by atoms with E-state index in [4.69, 9.17) is 4.42 Å². The number of nitrogens with zero attached hydrogens (tertiary/aromatic N) is 5. The molecule has 0 saturated heterocycles. The maximum absolute atomic E-state index is 5.57.